The Balaban J connectivity index is 2.40. The summed E-state index contributed by atoms with van der Waals surface area (Å²) in [6.07, 6.45) is 0. The molecule has 3 nitrogen and oxygen atoms in total. The van der Waals surface area contributed by atoms with Gasteiger partial charge in [0.1, 0.15) is 0 Å². The first-order valence-electron chi connectivity index (χ1n) is 4.40. The van der Waals surface area contributed by atoms with Crippen LogP contribution in [0.2, 0.25) is 0 Å². The van der Waals surface area contributed by atoms with Crippen LogP contribution in [0.5, 0.6) is 0 Å². The molecule has 0 aliphatic carbocycles. The molecule has 2 rings (SSSR count). The standard InChI is InChI=1S/C10H12N2O/c1-7(13)8-2-3-9-10(6-8)12-5-4-11-9/h2-3,6,11-12H,4-5H2,1H3. The second-order valence-electron chi connectivity index (χ2n) is 3.17. The van der Waals surface area contributed by atoms with Crippen LogP contribution in [-0.2, 0) is 0 Å². The van der Waals surface area contributed by atoms with E-state index in [2.05, 4.69) is 10.6 Å². The van der Waals surface area contributed by atoms with E-state index in [0.717, 1.165) is 30.0 Å². The molecule has 0 atom stereocenters. The molecule has 1 aliphatic rings. The van der Waals surface area contributed by atoms with Crippen LogP contribution in [0.25, 0.3) is 0 Å². The Morgan fingerprint density at radius 1 is 1.23 bits per heavy atom. The lowest BCUT2D eigenvalue weighted by Gasteiger charge is -2.20. The molecule has 13 heavy (non-hydrogen) atoms. The molecule has 1 heterocycles. The second kappa shape index (κ2) is 3.09. The van der Waals surface area contributed by atoms with Gasteiger partial charge >= 0.3 is 0 Å². The molecule has 1 aromatic carbocycles. The van der Waals surface area contributed by atoms with Crippen LogP contribution >= 0.6 is 0 Å². The summed E-state index contributed by atoms with van der Waals surface area (Å²) < 4.78 is 0. The largest absolute Gasteiger partial charge is 0.382 e. The quantitative estimate of drug-likeness (QED) is 0.640. The summed E-state index contributed by atoms with van der Waals surface area (Å²) in [6, 6.07) is 5.68. The van der Waals surface area contributed by atoms with Crippen LogP contribution in [0.15, 0.2) is 18.2 Å². The molecule has 0 spiro atoms. The van der Waals surface area contributed by atoms with E-state index >= 15 is 0 Å². The van der Waals surface area contributed by atoms with Crippen molar-refractivity contribution in [2.24, 2.45) is 0 Å². The summed E-state index contributed by atoms with van der Waals surface area (Å²) in [5, 5.41) is 6.50. The number of ketones is 1. The van der Waals surface area contributed by atoms with E-state index in [4.69, 9.17) is 0 Å². The fourth-order valence-electron chi connectivity index (χ4n) is 1.46. The maximum absolute atomic E-state index is 11.1. The van der Waals surface area contributed by atoms with E-state index in [9.17, 15) is 4.79 Å². The van der Waals surface area contributed by atoms with E-state index in [0.29, 0.717) is 0 Å². The van der Waals surface area contributed by atoms with Gasteiger partial charge < -0.3 is 10.6 Å². The minimum atomic E-state index is 0.107. The SMILES string of the molecule is CC(=O)c1ccc2c(c1)NCCN2. The zero-order chi connectivity index (χ0) is 9.26. The molecular formula is C10H12N2O. The van der Waals surface area contributed by atoms with Gasteiger partial charge in [0.2, 0.25) is 0 Å². The van der Waals surface area contributed by atoms with Crippen molar-refractivity contribution in [3.63, 3.8) is 0 Å². The summed E-state index contributed by atoms with van der Waals surface area (Å²) in [6.45, 7) is 3.43. The number of benzene rings is 1. The number of carbonyl (C=O) groups excluding carboxylic acids is 1. The van der Waals surface area contributed by atoms with Crippen molar-refractivity contribution in [3.05, 3.63) is 23.8 Å². The Morgan fingerprint density at radius 3 is 2.62 bits per heavy atom. The van der Waals surface area contributed by atoms with Gasteiger partial charge in [-0.15, -0.1) is 0 Å². The lowest BCUT2D eigenvalue weighted by Crippen LogP contribution is -2.20. The third-order valence-corrected chi connectivity index (χ3v) is 2.18. The number of fused-ring (bicyclic) bond motifs is 1. The Bertz CT molecular complexity index is 347. The molecule has 0 aromatic heterocycles. The van der Waals surface area contributed by atoms with Gasteiger partial charge in [-0.1, -0.05) is 0 Å². The Morgan fingerprint density at radius 2 is 1.92 bits per heavy atom. The van der Waals surface area contributed by atoms with E-state index in [1.54, 1.807) is 6.92 Å². The summed E-state index contributed by atoms with van der Waals surface area (Å²) in [5.74, 6) is 0.107. The van der Waals surface area contributed by atoms with Crippen LogP contribution in [0.3, 0.4) is 0 Å². The minimum Gasteiger partial charge on any atom is -0.382 e. The van der Waals surface area contributed by atoms with Gasteiger partial charge in [-0.2, -0.15) is 0 Å². The van der Waals surface area contributed by atoms with E-state index in [1.807, 2.05) is 18.2 Å². The first-order chi connectivity index (χ1) is 6.27. The maximum atomic E-state index is 11.1. The predicted molar refractivity (Wildman–Crippen MR) is 53.4 cm³/mol. The molecule has 0 saturated carbocycles. The molecule has 3 heteroatoms. The third kappa shape index (κ3) is 1.49. The summed E-state index contributed by atoms with van der Waals surface area (Å²) in [7, 11) is 0. The van der Waals surface area contributed by atoms with Crippen LogP contribution < -0.4 is 10.6 Å². The van der Waals surface area contributed by atoms with Crippen molar-refractivity contribution in [2.75, 3.05) is 23.7 Å². The summed E-state index contributed by atoms with van der Waals surface area (Å²) in [5.41, 5.74) is 2.87. The van der Waals surface area contributed by atoms with Gasteiger partial charge in [0.15, 0.2) is 5.78 Å². The number of rotatable bonds is 1. The van der Waals surface area contributed by atoms with E-state index < -0.39 is 0 Å². The lowest BCUT2D eigenvalue weighted by molar-refractivity contribution is 0.101. The van der Waals surface area contributed by atoms with Crippen molar-refractivity contribution in [1.29, 1.82) is 0 Å². The molecule has 0 saturated heterocycles. The van der Waals surface area contributed by atoms with E-state index in [1.165, 1.54) is 0 Å². The second-order valence-corrected chi connectivity index (χ2v) is 3.17. The molecule has 0 fully saturated rings. The van der Waals surface area contributed by atoms with Crippen molar-refractivity contribution >= 4 is 17.2 Å². The number of carbonyl (C=O) groups is 1. The molecule has 0 radical (unpaired) electrons. The highest BCUT2D eigenvalue weighted by atomic mass is 16.1. The highest BCUT2D eigenvalue weighted by Crippen LogP contribution is 2.25. The van der Waals surface area contributed by atoms with Gasteiger partial charge in [-0.05, 0) is 25.1 Å². The third-order valence-electron chi connectivity index (χ3n) is 2.18. The van der Waals surface area contributed by atoms with Gasteiger partial charge in [-0.3, -0.25) is 4.79 Å². The molecule has 1 aromatic rings. The number of hydrogen-bond donors (Lipinski definition) is 2. The lowest BCUT2D eigenvalue weighted by atomic mass is 10.1. The monoisotopic (exact) mass is 176 g/mol. The van der Waals surface area contributed by atoms with Crippen LogP contribution in [0, 0.1) is 0 Å². The maximum Gasteiger partial charge on any atom is 0.159 e. The number of nitrogens with one attached hydrogen (secondary N) is 2. The molecule has 0 unspecified atom stereocenters. The summed E-state index contributed by atoms with van der Waals surface area (Å²) >= 11 is 0. The summed E-state index contributed by atoms with van der Waals surface area (Å²) in [4.78, 5) is 11.1. The van der Waals surface area contributed by atoms with Gasteiger partial charge in [0.05, 0.1) is 11.4 Å². The van der Waals surface area contributed by atoms with Gasteiger partial charge in [-0.25, -0.2) is 0 Å². The van der Waals surface area contributed by atoms with Crippen molar-refractivity contribution < 1.29 is 4.79 Å². The fraction of sp³-hybridized carbons (Fsp3) is 0.300. The number of anilines is 2. The molecular weight excluding hydrogens is 164 g/mol. The first-order valence-corrected chi connectivity index (χ1v) is 4.40. The Hall–Kier alpha value is -1.51. The normalized spacial score (nSPS) is 13.9. The smallest absolute Gasteiger partial charge is 0.159 e. The zero-order valence-electron chi connectivity index (χ0n) is 7.55. The highest BCUT2D eigenvalue weighted by Gasteiger charge is 2.08. The first kappa shape index (κ1) is 8.10. The molecule has 0 amide bonds. The number of Topliss-reactive ketones (excluding diaryl/α,β-unsaturated/α-hetero) is 1. The fourth-order valence-corrected chi connectivity index (χ4v) is 1.46. The Kier molecular flexibility index (Phi) is 1.93. The minimum absolute atomic E-state index is 0.107. The van der Waals surface area contributed by atoms with Gasteiger partial charge in [0, 0.05) is 18.7 Å². The molecule has 1 aliphatic heterocycles. The molecule has 2 N–H and O–H groups in total. The van der Waals surface area contributed by atoms with Crippen LogP contribution in [0.4, 0.5) is 11.4 Å². The Labute approximate surface area is 77.1 Å². The molecule has 0 bridgehead atoms. The van der Waals surface area contributed by atoms with Crippen LogP contribution in [-0.4, -0.2) is 18.9 Å². The zero-order valence-corrected chi connectivity index (χ0v) is 7.55. The van der Waals surface area contributed by atoms with E-state index in [-0.39, 0.29) is 5.78 Å². The average molecular weight is 176 g/mol. The van der Waals surface area contributed by atoms with Crippen molar-refractivity contribution in [1.82, 2.24) is 0 Å². The van der Waals surface area contributed by atoms with Crippen LogP contribution in [0.1, 0.15) is 17.3 Å². The predicted octanol–water partition coefficient (Wildman–Crippen LogP) is 1.73. The topological polar surface area (TPSA) is 41.1 Å². The van der Waals surface area contributed by atoms with Crippen molar-refractivity contribution in [3.8, 4) is 0 Å². The van der Waals surface area contributed by atoms with Crippen molar-refractivity contribution in [2.45, 2.75) is 6.92 Å². The number of hydrogen-bond acceptors (Lipinski definition) is 3. The molecule has 68 valence electrons. The van der Waals surface area contributed by atoms with Gasteiger partial charge in [0.25, 0.3) is 0 Å². The average Bonchev–Trinajstić information content (AvgIpc) is 2.17. The highest BCUT2D eigenvalue weighted by molar-refractivity contribution is 5.96.